The van der Waals surface area contributed by atoms with E-state index < -0.39 is 37.7 Å². The first-order valence-electron chi connectivity index (χ1n) is 22.8. The van der Waals surface area contributed by atoms with E-state index in [0.717, 1.165) is 75.3 Å². The van der Waals surface area contributed by atoms with E-state index in [2.05, 4.69) is 9.95 Å². The van der Waals surface area contributed by atoms with Crippen LogP contribution in [0.15, 0.2) is 119 Å². The van der Waals surface area contributed by atoms with E-state index in [9.17, 15) is 42.9 Å². The predicted octanol–water partition coefficient (Wildman–Crippen LogP) is 12.2. The van der Waals surface area contributed by atoms with E-state index in [0.29, 0.717) is 27.8 Å². The van der Waals surface area contributed by atoms with Crippen molar-refractivity contribution in [3.63, 3.8) is 0 Å². The zero-order valence-electron chi connectivity index (χ0n) is 37.5. The molecule has 2 aliphatic rings. The lowest BCUT2D eigenvalue weighted by Crippen LogP contribution is -2.17. The molecule has 0 atom stereocenters. The average Bonchev–Trinajstić information content (AvgIpc) is 3.33. The van der Waals surface area contributed by atoms with Gasteiger partial charge >= 0.3 is 31.6 Å². The first-order valence-corrected chi connectivity index (χ1v) is 25.6. The van der Waals surface area contributed by atoms with Gasteiger partial charge in [-0.1, -0.05) is 93.1 Å². The van der Waals surface area contributed by atoms with Crippen LogP contribution in [0.3, 0.4) is 0 Å². The Hall–Kier alpha value is -7.20. The minimum Gasteiger partial charge on any atom is -0.867 e. The summed E-state index contributed by atoms with van der Waals surface area (Å²) in [5, 5.41) is 56.9. The predicted molar refractivity (Wildman–Crippen MR) is 255 cm³/mol. The summed E-state index contributed by atoms with van der Waals surface area (Å²) in [6.07, 6.45) is 8.96. The van der Waals surface area contributed by atoms with Crippen molar-refractivity contribution in [2.24, 2.45) is 0 Å². The number of aryl methyl sites for hydroxylation is 2. The van der Waals surface area contributed by atoms with Crippen molar-refractivity contribution < 1.29 is 40.5 Å². The summed E-state index contributed by atoms with van der Waals surface area (Å²) in [7, 11) is -9.09. The summed E-state index contributed by atoms with van der Waals surface area (Å²) in [5.41, 5.74) is 4.44. The number of diazo groups is 2. The molecule has 1 N–H and O–H groups in total. The van der Waals surface area contributed by atoms with E-state index in [1.165, 1.54) is 60.7 Å². The molecule has 0 aliphatic heterocycles. The maximum Gasteiger partial charge on any atom is 0.378 e. The molecule has 0 bridgehead atoms. The van der Waals surface area contributed by atoms with Crippen molar-refractivity contribution in [1.82, 2.24) is 0 Å². The Morgan fingerprint density at radius 2 is 0.971 bits per heavy atom. The Morgan fingerprint density at radius 1 is 0.544 bits per heavy atom. The number of phenolic OH excluding ortho intramolecular Hbond substituents is 1. The number of nitrogens with zero attached hydrogens (tertiary/aromatic N) is 4. The highest BCUT2D eigenvalue weighted by Crippen LogP contribution is 2.49. The molecule has 0 saturated heterocycles. The minimum absolute atomic E-state index is 0.0391. The number of aromatic hydroxyl groups is 1. The lowest BCUT2D eigenvalue weighted by atomic mass is 9.75. The number of para-hydroxylation sites is 1. The Labute approximate surface area is 395 Å². The van der Waals surface area contributed by atoms with Gasteiger partial charge in [-0.25, -0.2) is 0 Å². The molecule has 0 unspecified atom stereocenters. The van der Waals surface area contributed by atoms with Crippen LogP contribution in [0.4, 0.5) is 11.4 Å². The standard InChI is InChI=1S/C53H48N4O9S2/c1-31-27-47(65-67(61,62)49-21-11-18-37-35(49)23-25-44(56-54)52(37)59)42(33-13-5-3-6-14-33)29-40(31)51(39-17-9-10-20-46(39)58)41-30-43(34-15-7-4-8-16-34)48(28-32(41)2)66-68(63,64)50-22-12-19-38-36(50)24-26-45(57-55)53(38)60/h9-12,17-30,33-34,51H,3-8,13-16H2,1-2H3,(H-2,58,59,60). The summed E-state index contributed by atoms with van der Waals surface area (Å²) >= 11 is 0. The summed E-state index contributed by atoms with van der Waals surface area (Å²) in [6, 6.07) is 28.5. The lowest BCUT2D eigenvalue weighted by Gasteiger charge is -2.30. The molecule has 2 aliphatic carbocycles. The quantitative estimate of drug-likeness (QED) is 0.0732. The summed E-state index contributed by atoms with van der Waals surface area (Å²) < 4.78 is 69.8. The maximum absolute atomic E-state index is 14.4. The second kappa shape index (κ2) is 18.5. The molecule has 13 nitrogen and oxygen atoms in total. The van der Waals surface area contributed by atoms with Gasteiger partial charge in [-0.3, -0.25) is 0 Å². The minimum atomic E-state index is -4.55. The number of hydrogen-bond acceptors (Lipinski definition) is 11. The molecule has 2 fully saturated rings. The van der Waals surface area contributed by atoms with Crippen LogP contribution in [-0.2, 0) is 20.2 Å². The number of fused-ring (bicyclic) bond motifs is 2. The van der Waals surface area contributed by atoms with Crippen molar-refractivity contribution in [1.29, 1.82) is 10.8 Å². The highest BCUT2D eigenvalue weighted by molar-refractivity contribution is 7.87. The van der Waals surface area contributed by atoms with E-state index >= 15 is 0 Å². The van der Waals surface area contributed by atoms with Gasteiger partial charge in [0, 0.05) is 34.4 Å². The number of phenols is 1. The SMILES string of the molecule is Cc1cc(OS(=O)(=O)c2cccc3c([O-])c([N+]#N)ccc23)c(C2CCCCC2)cc1C(c1cc(C2CCCCC2)c(OS(=O)(=O)c2cccc3c([O-])c([N+]#N)ccc23)cc1C)c1ccccc1O. The first kappa shape index (κ1) is 45.9. The molecule has 7 aromatic carbocycles. The van der Waals surface area contributed by atoms with E-state index in [4.69, 9.17) is 8.37 Å². The van der Waals surface area contributed by atoms with Gasteiger partial charge < -0.3 is 23.7 Å². The van der Waals surface area contributed by atoms with Gasteiger partial charge in [0.05, 0.1) is 0 Å². The summed E-state index contributed by atoms with van der Waals surface area (Å²) in [6.45, 7) is 3.73. The monoisotopic (exact) mass is 948 g/mol. The third-order valence-corrected chi connectivity index (χ3v) is 16.4. The molecule has 0 radical (unpaired) electrons. The molecule has 9 rings (SSSR count). The molecule has 0 aromatic heterocycles. The van der Waals surface area contributed by atoms with Crippen LogP contribution in [0, 0.1) is 24.6 Å². The summed E-state index contributed by atoms with van der Waals surface area (Å²) in [5.74, 6) is -1.65. The maximum atomic E-state index is 14.4. The van der Waals surface area contributed by atoms with Crippen molar-refractivity contribution in [2.45, 2.75) is 106 Å². The van der Waals surface area contributed by atoms with Gasteiger partial charge in [-0.15, -0.1) is 0 Å². The Kier molecular flexibility index (Phi) is 12.5. The molecule has 0 spiro atoms. The highest BCUT2D eigenvalue weighted by atomic mass is 32.2. The van der Waals surface area contributed by atoms with Crippen LogP contribution in [0.2, 0.25) is 0 Å². The van der Waals surface area contributed by atoms with Gasteiger partial charge in [0.1, 0.15) is 27.0 Å². The van der Waals surface area contributed by atoms with E-state index in [1.807, 2.05) is 38.1 Å². The van der Waals surface area contributed by atoms with Crippen LogP contribution in [-0.4, -0.2) is 21.9 Å². The van der Waals surface area contributed by atoms with Gasteiger partial charge in [-0.05, 0) is 149 Å². The van der Waals surface area contributed by atoms with Crippen molar-refractivity contribution >= 4 is 53.2 Å². The van der Waals surface area contributed by atoms with E-state index in [1.54, 1.807) is 24.3 Å². The van der Waals surface area contributed by atoms with Crippen LogP contribution in [0.25, 0.3) is 31.5 Å². The van der Waals surface area contributed by atoms with Crippen LogP contribution < -0.4 is 18.6 Å². The fourth-order valence-electron chi connectivity index (χ4n) is 10.4. The molecule has 7 aromatic rings. The number of hydrogen-bond donors (Lipinski definition) is 1. The molecule has 68 heavy (non-hydrogen) atoms. The average molecular weight is 949 g/mol. The molecular formula is C53H48N4O9S2. The van der Waals surface area contributed by atoms with Crippen molar-refractivity contribution in [3.8, 4) is 28.7 Å². The van der Waals surface area contributed by atoms with Crippen LogP contribution in [0.5, 0.6) is 28.7 Å². The molecule has 2 saturated carbocycles. The van der Waals surface area contributed by atoms with Gasteiger partial charge in [-0.2, -0.15) is 16.8 Å². The van der Waals surface area contributed by atoms with Crippen molar-refractivity contribution in [3.05, 3.63) is 158 Å². The smallest absolute Gasteiger partial charge is 0.378 e. The third kappa shape index (κ3) is 8.52. The third-order valence-electron chi connectivity index (χ3n) is 13.8. The van der Waals surface area contributed by atoms with Gasteiger partial charge in [0.2, 0.25) is 10.8 Å². The zero-order chi connectivity index (χ0) is 47.9. The Morgan fingerprint density at radius 3 is 1.38 bits per heavy atom. The second-order valence-electron chi connectivity index (χ2n) is 18.0. The fourth-order valence-corrected chi connectivity index (χ4v) is 12.7. The number of rotatable bonds is 11. The topological polar surface area (TPSA) is 209 Å². The Bertz CT molecular complexity index is 3250. The second-order valence-corrected chi connectivity index (χ2v) is 21.0. The molecule has 0 heterocycles. The van der Waals surface area contributed by atoms with E-state index in [-0.39, 0.29) is 71.8 Å². The molecular weight excluding hydrogens is 901 g/mol. The number of benzene rings is 7. The van der Waals surface area contributed by atoms with Crippen LogP contribution in [0.1, 0.15) is 121 Å². The Balaban J connectivity index is 1.20. The molecule has 346 valence electrons. The zero-order valence-corrected chi connectivity index (χ0v) is 39.1. The van der Waals surface area contributed by atoms with Crippen molar-refractivity contribution in [2.75, 3.05) is 0 Å². The summed E-state index contributed by atoms with van der Waals surface area (Å²) in [4.78, 5) is 5.67. The van der Waals surface area contributed by atoms with Gasteiger partial charge in [0.25, 0.3) is 0 Å². The fraction of sp³-hybridized carbons (Fsp3) is 0.283. The largest absolute Gasteiger partial charge is 0.867 e. The molecule has 0 amide bonds. The highest BCUT2D eigenvalue weighted by Gasteiger charge is 2.33. The lowest BCUT2D eigenvalue weighted by molar-refractivity contribution is -0.265. The normalized spacial score (nSPS) is 15.0. The first-order chi connectivity index (χ1) is 32.7. The van der Waals surface area contributed by atoms with Gasteiger partial charge in [0.15, 0.2) is 9.95 Å². The molecule has 15 heteroatoms. The van der Waals surface area contributed by atoms with Crippen LogP contribution >= 0.6 is 0 Å².